The van der Waals surface area contributed by atoms with Crippen LogP contribution >= 0.6 is 0 Å². The van der Waals surface area contributed by atoms with Gasteiger partial charge in [-0.3, -0.25) is 19.4 Å². The van der Waals surface area contributed by atoms with Gasteiger partial charge in [-0.2, -0.15) is 0 Å². The zero-order valence-corrected chi connectivity index (χ0v) is 29.4. The molecule has 0 spiro atoms. The van der Waals surface area contributed by atoms with Crippen molar-refractivity contribution >= 4 is 17.7 Å². The zero-order chi connectivity index (χ0) is 36.0. The van der Waals surface area contributed by atoms with Gasteiger partial charge in [0.1, 0.15) is 17.9 Å². The summed E-state index contributed by atoms with van der Waals surface area (Å²) in [5.74, 6) is -1.17. The van der Waals surface area contributed by atoms with Crippen LogP contribution in [0.3, 0.4) is 0 Å². The summed E-state index contributed by atoms with van der Waals surface area (Å²) < 4.78 is 10.7. The molecule has 51 heavy (non-hydrogen) atoms. The summed E-state index contributed by atoms with van der Waals surface area (Å²) in [5, 5.41) is 28.6. The number of nitrogens with zero attached hydrogens (tertiary/aromatic N) is 3. The van der Waals surface area contributed by atoms with Crippen molar-refractivity contribution in [2.45, 2.75) is 94.4 Å². The quantitative estimate of drug-likeness (QED) is 0.141. The maximum atomic E-state index is 14.2. The van der Waals surface area contributed by atoms with E-state index in [9.17, 15) is 24.6 Å². The first-order chi connectivity index (χ1) is 24.8. The molecule has 3 amide bonds. The first-order valence-corrected chi connectivity index (χ1v) is 18.1. The van der Waals surface area contributed by atoms with Crippen LogP contribution in [0, 0.1) is 5.92 Å². The van der Waals surface area contributed by atoms with Crippen LogP contribution in [0.1, 0.15) is 74.2 Å². The molecule has 5 N–H and O–H groups in total. The lowest BCUT2D eigenvalue weighted by molar-refractivity contribution is -0.138. The Kier molecular flexibility index (Phi) is 14.4. The Morgan fingerprint density at radius 1 is 0.980 bits per heavy atom. The lowest BCUT2D eigenvalue weighted by atomic mass is 9.82. The number of aromatic nitrogens is 3. The predicted molar refractivity (Wildman–Crippen MR) is 190 cm³/mol. The van der Waals surface area contributed by atoms with E-state index >= 15 is 0 Å². The molecule has 5 rings (SSSR count). The van der Waals surface area contributed by atoms with Gasteiger partial charge in [-0.25, -0.2) is 4.98 Å². The molecule has 1 aliphatic carbocycles. The maximum absolute atomic E-state index is 14.2. The van der Waals surface area contributed by atoms with Gasteiger partial charge >= 0.3 is 0 Å². The van der Waals surface area contributed by atoms with Crippen molar-refractivity contribution in [3.63, 3.8) is 0 Å². The normalized spacial score (nSPS) is 18.2. The van der Waals surface area contributed by atoms with Crippen LogP contribution in [0.25, 0.3) is 0 Å². The van der Waals surface area contributed by atoms with Gasteiger partial charge in [0.2, 0.25) is 17.7 Å². The van der Waals surface area contributed by atoms with Crippen molar-refractivity contribution in [3.8, 4) is 5.75 Å². The van der Waals surface area contributed by atoms with Gasteiger partial charge in [0, 0.05) is 44.0 Å². The van der Waals surface area contributed by atoms with Crippen LogP contribution in [0.2, 0.25) is 0 Å². The number of benzene rings is 1. The molecule has 1 aromatic carbocycles. The molecule has 1 saturated heterocycles. The molecule has 1 aliphatic heterocycles. The Morgan fingerprint density at radius 2 is 1.75 bits per heavy atom. The summed E-state index contributed by atoms with van der Waals surface area (Å²) in [6.45, 7) is 1.75. The van der Waals surface area contributed by atoms with Gasteiger partial charge in [-0.05, 0) is 55.0 Å². The van der Waals surface area contributed by atoms with Crippen LogP contribution in [-0.2, 0) is 32.0 Å². The highest BCUT2D eigenvalue weighted by Gasteiger charge is 2.35. The number of morpholine rings is 1. The molecule has 2 unspecified atom stereocenters. The summed E-state index contributed by atoms with van der Waals surface area (Å²) in [5.41, 5.74) is 1.97. The summed E-state index contributed by atoms with van der Waals surface area (Å²) in [4.78, 5) is 55.0. The van der Waals surface area contributed by atoms with Crippen molar-refractivity contribution in [1.29, 1.82) is 0 Å². The number of aryl methyl sites for hydroxylation is 1. The van der Waals surface area contributed by atoms with E-state index in [1.54, 1.807) is 48.7 Å². The standard InChI is InChI=1S/C38H52N6O7/c1-50-30-13-10-27(11-14-30)31(23-35(46)44-17-19-51-20-18-44)37(48)43-33(22-29-24-39-25-41-29)38(49)42-32(21-26-7-3-2-4-8-26)36(47)34(45)15-12-28-9-5-6-16-40-28/h5-6,9-11,13-14,16,24-26,31-34,36,45,47H,2-4,7-8,12,15,17-23H2,1H3,(H,39,41)(H,42,49)(H,43,48)/t31?,32-,33?,34-,36+/m0/s1. The summed E-state index contributed by atoms with van der Waals surface area (Å²) in [6.07, 6.45) is 9.00. The van der Waals surface area contributed by atoms with Crippen molar-refractivity contribution < 1.29 is 34.1 Å². The number of rotatable bonds is 17. The molecule has 2 fully saturated rings. The molecule has 3 aromatic rings. The fourth-order valence-electron chi connectivity index (χ4n) is 7.04. The number of carbonyl (C=O) groups excluding carboxylic acids is 3. The number of pyridine rings is 1. The van der Waals surface area contributed by atoms with Crippen LogP contribution in [0.5, 0.6) is 5.75 Å². The van der Waals surface area contributed by atoms with E-state index < -0.39 is 42.0 Å². The minimum absolute atomic E-state index is 0.0717. The summed E-state index contributed by atoms with van der Waals surface area (Å²) in [6, 6.07) is 10.7. The molecule has 1 saturated carbocycles. The second kappa shape index (κ2) is 19.3. The third-order valence-electron chi connectivity index (χ3n) is 10.0. The number of methoxy groups -OCH3 is 1. The van der Waals surface area contributed by atoms with Gasteiger partial charge in [0.25, 0.3) is 0 Å². The number of hydrogen-bond acceptors (Lipinski definition) is 9. The third-order valence-corrected chi connectivity index (χ3v) is 10.0. The number of hydrogen-bond donors (Lipinski definition) is 5. The number of aromatic amines is 1. The third kappa shape index (κ3) is 11.3. The molecule has 2 aromatic heterocycles. The minimum Gasteiger partial charge on any atom is -0.497 e. The van der Waals surface area contributed by atoms with Gasteiger partial charge < -0.3 is 40.2 Å². The van der Waals surface area contributed by atoms with Crippen LogP contribution in [0.15, 0.2) is 61.2 Å². The lowest BCUT2D eigenvalue weighted by Gasteiger charge is -2.33. The number of amides is 3. The molecule has 13 heteroatoms. The van der Waals surface area contributed by atoms with Crippen molar-refractivity contribution in [2.24, 2.45) is 5.92 Å². The van der Waals surface area contributed by atoms with Gasteiger partial charge in [0.15, 0.2) is 0 Å². The van der Waals surface area contributed by atoms with Crippen LogP contribution in [0.4, 0.5) is 0 Å². The highest BCUT2D eigenvalue weighted by atomic mass is 16.5. The van der Waals surface area contributed by atoms with Crippen molar-refractivity contribution in [2.75, 3.05) is 33.4 Å². The Morgan fingerprint density at radius 3 is 2.41 bits per heavy atom. The molecule has 0 radical (unpaired) electrons. The number of ether oxygens (including phenoxy) is 2. The Balaban J connectivity index is 1.35. The molecule has 276 valence electrons. The highest BCUT2D eigenvalue weighted by molar-refractivity contribution is 5.93. The fourth-order valence-corrected chi connectivity index (χ4v) is 7.04. The number of imidazole rings is 1. The SMILES string of the molecule is COc1ccc(C(CC(=O)N2CCOCC2)C(=O)NC(Cc2c[nH]cn2)C(=O)N[C@@H](CC2CCCCC2)[C@@H](O)[C@@H](O)CCc2ccccn2)cc1. The zero-order valence-electron chi connectivity index (χ0n) is 29.4. The average molecular weight is 705 g/mol. The highest BCUT2D eigenvalue weighted by Crippen LogP contribution is 2.29. The monoisotopic (exact) mass is 704 g/mol. The maximum Gasteiger partial charge on any atom is 0.243 e. The number of aliphatic hydroxyl groups excluding tert-OH is 2. The van der Waals surface area contributed by atoms with E-state index in [0.29, 0.717) is 56.2 Å². The van der Waals surface area contributed by atoms with E-state index in [0.717, 1.165) is 37.8 Å². The summed E-state index contributed by atoms with van der Waals surface area (Å²) >= 11 is 0. The second-order valence-corrected chi connectivity index (χ2v) is 13.6. The number of nitrogens with one attached hydrogen (secondary N) is 3. The smallest absolute Gasteiger partial charge is 0.243 e. The minimum atomic E-state index is -1.24. The molecule has 13 nitrogen and oxygen atoms in total. The predicted octanol–water partition coefficient (Wildman–Crippen LogP) is 2.68. The van der Waals surface area contributed by atoms with Gasteiger partial charge in [-0.1, -0.05) is 50.3 Å². The first-order valence-electron chi connectivity index (χ1n) is 18.1. The first kappa shape index (κ1) is 37.9. The molecule has 5 atom stereocenters. The topological polar surface area (TPSA) is 179 Å². The van der Waals surface area contributed by atoms with Crippen LogP contribution < -0.4 is 15.4 Å². The van der Waals surface area contributed by atoms with Crippen molar-refractivity contribution in [1.82, 2.24) is 30.5 Å². The van der Waals surface area contributed by atoms with Gasteiger partial charge in [0.05, 0.1) is 50.4 Å². The second-order valence-electron chi connectivity index (χ2n) is 13.6. The average Bonchev–Trinajstić information content (AvgIpc) is 3.69. The van der Waals surface area contributed by atoms with Gasteiger partial charge in [-0.15, -0.1) is 0 Å². The van der Waals surface area contributed by atoms with E-state index in [-0.39, 0.29) is 31.1 Å². The number of aliphatic hydroxyl groups is 2. The van der Waals surface area contributed by atoms with Crippen LogP contribution in [-0.4, -0.2) is 105 Å². The Bertz CT molecular complexity index is 1490. The molecular weight excluding hydrogens is 652 g/mol. The molecule has 0 bridgehead atoms. The number of H-pyrrole nitrogens is 1. The van der Waals surface area contributed by atoms with E-state index in [4.69, 9.17) is 9.47 Å². The lowest BCUT2D eigenvalue weighted by Crippen LogP contribution is -2.56. The number of carbonyl (C=O) groups is 3. The van der Waals surface area contributed by atoms with E-state index in [2.05, 4.69) is 25.6 Å². The molecule has 2 aliphatic rings. The molecular formula is C38H52N6O7. The fraction of sp³-hybridized carbons (Fsp3) is 0.553. The Labute approximate surface area is 299 Å². The van der Waals surface area contributed by atoms with E-state index in [1.165, 1.54) is 6.33 Å². The Hall–Kier alpha value is -4.33. The largest absolute Gasteiger partial charge is 0.497 e. The summed E-state index contributed by atoms with van der Waals surface area (Å²) in [7, 11) is 1.55. The molecule has 3 heterocycles. The van der Waals surface area contributed by atoms with Crippen molar-refractivity contribution in [3.05, 3.63) is 78.1 Å². The van der Waals surface area contributed by atoms with E-state index in [1.807, 2.05) is 18.2 Å².